The molecule has 0 saturated carbocycles. The van der Waals surface area contributed by atoms with Crippen molar-refractivity contribution in [2.45, 2.75) is 78.7 Å². The number of unbranched alkanes of at least 4 members (excludes halogenated alkanes) is 1. The van der Waals surface area contributed by atoms with Crippen LogP contribution >= 0.6 is 0 Å². The molecule has 0 heterocycles. The Kier molecular flexibility index (Phi) is 10.3. The van der Waals surface area contributed by atoms with Crippen LogP contribution in [0.4, 0.5) is 0 Å². The maximum Gasteiger partial charge on any atom is 0.293 e. The van der Waals surface area contributed by atoms with Crippen LogP contribution in [0.25, 0.3) is 0 Å². The summed E-state index contributed by atoms with van der Waals surface area (Å²) in [5, 5.41) is 0. The molecule has 0 fully saturated rings. The van der Waals surface area contributed by atoms with Crippen molar-refractivity contribution in [3.8, 4) is 0 Å². The summed E-state index contributed by atoms with van der Waals surface area (Å²) in [6.45, 7) is 9.47. The van der Waals surface area contributed by atoms with Crippen molar-refractivity contribution < 1.29 is 9.53 Å². The van der Waals surface area contributed by atoms with Crippen molar-refractivity contribution in [3.05, 3.63) is 0 Å². The van der Waals surface area contributed by atoms with Crippen molar-refractivity contribution in [2.24, 2.45) is 11.8 Å². The molecule has 0 saturated heterocycles. The highest BCUT2D eigenvalue weighted by molar-refractivity contribution is 5.37. The third kappa shape index (κ3) is 9.20. The van der Waals surface area contributed by atoms with Gasteiger partial charge in [-0.05, 0) is 31.1 Å². The van der Waals surface area contributed by atoms with Gasteiger partial charge in [0.1, 0.15) is 6.10 Å². The summed E-state index contributed by atoms with van der Waals surface area (Å²) in [6.07, 6.45) is 8.50. The molecule has 0 N–H and O–H groups in total. The van der Waals surface area contributed by atoms with Gasteiger partial charge in [0.15, 0.2) is 0 Å². The van der Waals surface area contributed by atoms with Gasteiger partial charge in [0.2, 0.25) is 0 Å². The molecule has 0 aliphatic carbocycles. The Bertz CT molecular complexity index is 178. The summed E-state index contributed by atoms with van der Waals surface area (Å²) in [6, 6.07) is 0. The average molecular weight is 242 g/mol. The van der Waals surface area contributed by atoms with E-state index >= 15 is 0 Å². The number of rotatable bonds is 11. The predicted octanol–water partition coefficient (Wildman–Crippen LogP) is 4.57. The molecular formula is C15H30O2. The second-order valence-corrected chi connectivity index (χ2v) is 5.48. The Balaban J connectivity index is 3.93. The summed E-state index contributed by atoms with van der Waals surface area (Å²) in [5.41, 5.74) is 0. The number of ether oxygens (including phenoxy) is 1. The summed E-state index contributed by atoms with van der Waals surface area (Å²) in [5.74, 6) is 1.40. The normalized spacial score (nSPS) is 14.6. The molecule has 0 aromatic heterocycles. The van der Waals surface area contributed by atoms with Crippen LogP contribution in [-0.4, -0.2) is 12.6 Å². The SMILES string of the molecule is CCCCC(CC)CCC(CC(C)C)OC=O. The van der Waals surface area contributed by atoms with Crippen molar-refractivity contribution >= 4 is 6.47 Å². The van der Waals surface area contributed by atoms with Crippen molar-refractivity contribution in [1.29, 1.82) is 0 Å². The third-order valence-electron chi connectivity index (χ3n) is 3.42. The summed E-state index contributed by atoms with van der Waals surface area (Å²) in [7, 11) is 0. The molecule has 2 unspecified atom stereocenters. The molecule has 0 aliphatic heterocycles. The predicted molar refractivity (Wildman–Crippen MR) is 72.9 cm³/mol. The molecule has 0 rings (SSSR count). The Morgan fingerprint density at radius 1 is 1.12 bits per heavy atom. The van der Waals surface area contributed by atoms with Crippen LogP contribution < -0.4 is 0 Å². The molecule has 0 radical (unpaired) electrons. The minimum absolute atomic E-state index is 0.128. The highest BCUT2D eigenvalue weighted by atomic mass is 16.5. The molecule has 0 amide bonds. The lowest BCUT2D eigenvalue weighted by Crippen LogP contribution is -2.16. The van der Waals surface area contributed by atoms with Crippen LogP contribution in [0.5, 0.6) is 0 Å². The van der Waals surface area contributed by atoms with Crippen molar-refractivity contribution in [3.63, 3.8) is 0 Å². The fourth-order valence-electron chi connectivity index (χ4n) is 2.31. The van der Waals surface area contributed by atoms with Gasteiger partial charge < -0.3 is 4.74 Å². The van der Waals surface area contributed by atoms with Gasteiger partial charge in [-0.1, -0.05) is 53.4 Å². The lowest BCUT2D eigenvalue weighted by atomic mass is 9.91. The fourth-order valence-corrected chi connectivity index (χ4v) is 2.31. The van der Waals surface area contributed by atoms with Crippen LogP contribution in [0, 0.1) is 11.8 Å². The minimum atomic E-state index is 0.128. The maximum atomic E-state index is 10.5. The largest absolute Gasteiger partial charge is 0.465 e. The molecule has 0 aromatic rings. The Hall–Kier alpha value is -0.530. The first-order valence-electron chi connectivity index (χ1n) is 7.23. The minimum Gasteiger partial charge on any atom is -0.465 e. The van der Waals surface area contributed by atoms with E-state index in [9.17, 15) is 4.79 Å². The van der Waals surface area contributed by atoms with E-state index in [4.69, 9.17) is 4.74 Å². The molecule has 0 bridgehead atoms. The quantitative estimate of drug-likeness (QED) is 0.496. The lowest BCUT2D eigenvalue weighted by molar-refractivity contribution is -0.134. The van der Waals surface area contributed by atoms with E-state index in [1.807, 2.05) is 0 Å². The summed E-state index contributed by atoms with van der Waals surface area (Å²) >= 11 is 0. The Labute approximate surface area is 107 Å². The molecular weight excluding hydrogens is 212 g/mol. The number of hydrogen-bond acceptors (Lipinski definition) is 2. The topological polar surface area (TPSA) is 26.3 Å². The molecule has 0 aromatic carbocycles. The van der Waals surface area contributed by atoms with Gasteiger partial charge in [-0.15, -0.1) is 0 Å². The maximum absolute atomic E-state index is 10.5. The van der Waals surface area contributed by atoms with Gasteiger partial charge in [-0.3, -0.25) is 4.79 Å². The lowest BCUT2D eigenvalue weighted by Gasteiger charge is -2.20. The van der Waals surface area contributed by atoms with Crippen LogP contribution in [0.3, 0.4) is 0 Å². The van der Waals surface area contributed by atoms with Crippen molar-refractivity contribution in [2.75, 3.05) is 0 Å². The molecule has 2 atom stereocenters. The molecule has 2 nitrogen and oxygen atoms in total. The molecule has 0 aliphatic rings. The highest BCUT2D eigenvalue weighted by Crippen LogP contribution is 2.22. The monoisotopic (exact) mass is 242 g/mol. The standard InChI is InChI=1S/C15H30O2/c1-5-7-8-14(6-2)9-10-15(17-12-16)11-13(3)4/h12-15H,5-11H2,1-4H3. The van der Waals surface area contributed by atoms with Gasteiger partial charge in [-0.25, -0.2) is 0 Å². The molecule has 2 heteroatoms. The van der Waals surface area contributed by atoms with Crippen molar-refractivity contribution in [1.82, 2.24) is 0 Å². The second-order valence-electron chi connectivity index (χ2n) is 5.48. The van der Waals surface area contributed by atoms with E-state index in [2.05, 4.69) is 27.7 Å². The zero-order chi connectivity index (χ0) is 13.1. The van der Waals surface area contributed by atoms with Crippen LogP contribution in [0.2, 0.25) is 0 Å². The second kappa shape index (κ2) is 10.6. The molecule has 102 valence electrons. The van der Waals surface area contributed by atoms with Crippen LogP contribution in [0.15, 0.2) is 0 Å². The zero-order valence-electron chi connectivity index (χ0n) is 12.1. The number of carbonyl (C=O) groups excluding carboxylic acids is 1. The van der Waals surface area contributed by atoms with Gasteiger partial charge in [0, 0.05) is 0 Å². The van der Waals surface area contributed by atoms with E-state index in [0.717, 1.165) is 18.8 Å². The van der Waals surface area contributed by atoms with Gasteiger partial charge in [0.05, 0.1) is 0 Å². The van der Waals surface area contributed by atoms with Gasteiger partial charge in [0.25, 0.3) is 6.47 Å². The first kappa shape index (κ1) is 16.5. The number of carbonyl (C=O) groups is 1. The summed E-state index contributed by atoms with van der Waals surface area (Å²) in [4.78, 5) is 10.5. The van der Waals surface area contributed by atoms with Crippen LogP contribution in [-0.2, 0) is 9.53 Å². The van der Waals surface area contributed by atoms with Crippen LogP contribution in [0.1, 0.15) is 72.6 Å². The van der Waals surface area contributed by atoms with E-state index < -0.39 is 0 Å². The Morgan fingerprint density at radius 3 is 2.29 bits per heavy atom. The smallest absolute Gasteiger partial charge is 0.293 e. The molecule has 0 spiro atoms. The fraction of sp³-hybridized carbons (Fsp3) is 0.933. The number of hydrogen-bond donors (Lipinski definition) is 0. The highest BCUT2D eigenvalue weighted by Gasteiger charge is 2.14. The van der Waals surface area contributed by atoms with Gasteiger partial charge in [-0.2, -0.15) is 0 Å². The van der Waals surface area contributed by atoms with Gasteiger partial charge >= 0.3 is 0 Å². The van der Waals surface area contributed by atoms with E-state index in [1.54, 1.807) is 0 Å². The third-order valence-corrected chi connectivity index (χ3v) is 3.42. The van der Waals surface area contributed by atoms with E-state index in [1.165, 1.54) is 32.1 Å². The Morgan fingerprint density at radius 2 is 1.82 bits per heavy atom. The van der Waals surface area contributed by atoms with E-state index in [0.29, 0.717) is 12.4 Å². The zero-order valence-corrected chi connectivity index (χ0v) is 12.1. The van der Waals surface area contributed by atoms with E-state index in [-0.39, 0.29) is 6.10 Å². The first-order chi connectivity index (χ1) is 8.13. The average Bonchev–Trinajstić information content (AvgIpc) is 2.28. The first-order valence-corrected chi connectivity index (χ1v) is 7.23. The molecule has 17 heavy (non-hydrogen) atoms. The summed E-state index contributed by atoms with van der Waals surface area (Å²) < 4.78 is 5.17.